The Kier molecular flexibility index (Phi) is 2.18. The van der Waals surface area contributed by atoms with Crippen LogP contribution in [0.25, 0.3) is 0 Å². The van der Waals surface area contributed by atoms with Crippen LogP contribution in [0.5, 0.6) is 0 Å². The van der Waals surface area contributed by atoms with E-state index in [9.17, 15) is 0 Å². The van der Waals surface area contributed by atoms with Crippen LogP contribution in [0.4, 0.5) is 11.4 Å². The van der Waals surface area contributed by atoms with Crippen LogP contribution < -0.4 is 5.32 Å². The maximum Gasteiger partial charge on any atom is 0.0529 e. The Balaban J connectivity index is 2.17. The highest BCUT2D eigenvalue weighted by Gasteiger charge is 2.17. The molecule has 0 fully saturated rings. The van der Waals surface area contributed by atoms with Gasteiger partial charge in [0.15, 0.2) is 0 Å². The largest absolute Gasteiger partial charge is 0.354 e. The summed E-state index contributed by atoms with van der Waals surface area (Å²) in [5.41, 5.74) is 5.12. The molecule has 2 aromatic carbocycles. The van der Waals surface area contributed by atoms with Crippen molar-refractivity contribution in [2.45, 2.75) is 23.6 Å². The average Bonchev–Trinajstić information content (AvgIpc) is 2.28. The van der Waals surface area contributed by atoms with Crippen molar-refractivity contribution >= 4 is 23.1 Å². The topological polar surface area (TPSA) is 12.0 Å². The van der Waals surface area contributed by atoms with Gasteiger partial charge < -0.3 is 5.32 Å². The highest BCUT2D eigenvalue weighted by molar-refractivity contribution is 7.99. The number of fused-ring (bicyclic) bond motifs is 2. The summed E-state index contributed by atoms with van der Waals surface area (Å²) in [6, 6.07) is 12.8. The number of benzene rings is 2. The minimum Gasteiger partial charge on any atom is -0.354 e. The van der Waals surface area contributed by atoms with E-state index in [0.29, 0.717) is 0 Å². The minimum atomic E-state index is 1.23. The second-order valence-corrected chi connectivity index (χ2v) is 5.15. The van der Waals surface area contributed by atoms with Crippen molar-refractivity contribution in [1.29, 1.82) is 0 Å². The zero-order valence-electron chi connectivity index (χ0n) is 9.37. The van der Waals surface area contributed by atoms with Crippen LogP contribution in [0.3, 0.4) is 0 Å². The first kappa shape index (κ1) is 9.79. The van der Waals surface area contributed by atoms with Crippen molar-refractivity contribution in [3.63, 3.8) is 0 Å². The van der Waals surface area contributed by atoms with Crippen LogP contribution in [0, 0.1) is 13.8 Å². The van der Waals surface area contributed by atoms with Gasteiger partial charge in [-0.15, -0.1) is 0 Å². The number of anilines is 2. The van der Waals surface area contributed by atoms with Gasteiger partial charge >= 0.3 is 0 Å². The molecule has 0 radical (unpaired) electrons. The first-order valence-corrected chi connectivity index (χ1v) is 6.21. The quantitative estimate of drug-likeness (QED) is 0.606. The fraction of sp³-hybridized carbons (Fsp3) is 0.143. The lowest BCUT2D eigenvalue weighted by Crippen LogP contribution is -2.01. The van der Waals surface area contributed by atoms with Crippen LogP contribution in [0.1, 0.15) is 11.1 Å². The summed E-state index contributed by atoms with van der Waals surface area (Å²) < 4.78 is 0. The summed E-state index contributed by atoms with van der Waals surface area (Å²) >= 11 is 1.87. The molecule has 0 saturated carbocycles. The van der Waals surface area contributed by atoms with Gasteiger partial charge in [0.25, 0.3) is 0 Å². The number of aryl methyl sites for hydroxylation is 2. The van der Waals surface area contributed by atoms with E-state index in [1.807, 2.05) is 11.8 Å². The Labute approximate surface area is 99.9 Å². The van der Waals surface area contributed by atoms with Gasteiger partial charge in [0.2, 0.25) is 0 Å². The zero-order valence-corrected chi connectivity index (χ0v) is 10.2. The third-order valence-corrected chi connectivity index (χ3v) is 4.39. The molecule has 2 aromatic rings. The molecule has 1 aliphatic heterocycles. The maximum atomic E-state index is 3.50. The van der Waals surface area contributed by atoms with E-state index in [2.05, 4.69) is 55.6 Å². The summed E-state index contributed by atoms with van der Waals surface area (Å²) in [6.07, 6.45) is 0. The van der Waals surface area contributed by atoms with Crippen LogP contribution in [-0.4, -0.2) is 0 Å². The number of rotatable bonds is 0. The first-order valence-electron chi connectivity index (χ1n) is 5.40. The molecule has 0 bridgehead atoms. The zero-order chi connectivity index (χ0) is 11.1. The normalized spacial score (nSPS) is 12.6. The fourth-order valence-corrected chi connectivity index (χ4v) is 3.14. The predicted octanol–water partition coefficient (Wildman–Crippen LogP) is 4.51. The smallest absolute Gasteiger partial charge is 0.0529 e. The first-order chi connectivity index (χ1) is 7.75. The molecule has 0 atom stereocenters. The summed E-state index contributed by atoms with van der Waals surface area (Å²) in [5, 5.41) is 3.50. The second kappa shape index (κ2) is 3.56. The van der Waals surface area contributed by atoms with Crippen LogP contribution in [0.2, 0.25) is 0 Å². The van der Waals surface area contributed by atoms with Crippen molar-refractivity contribution < 1.29 is 0 Å². The molecule has 0 aromatic heterocycles. The van der Waals surface area contributed by atoms with Gasteiger partial charge in [-0.2, -0.15) is 0 Å². The van der Waals surface area contributed by atoms with Crippen molar-refractivity contribution in [2.24, 2.45) is 0 Å². The van der Waals surface area contributed by atoms with Gasteiger partial charge in [-0.25, -0.2) is 0 Å². The van der Waals surface area contributed by atoms with Crippen LogP contribution in [0.15, 0.2) is 46.2 Å². The molecule has 0 unspecified atom stereocenters. The van der Waals surface area contributed by atoms with E-state index in [4.69, 9.17) is 0 Å². The molecule has 2 heteroatoms. The molecule has 0 aliphatic carbocycles. The lowest BCUT2D eigenvalue weighted by molar-refractivity contribution is 1.22. The Hall–Kier alpha value is -1.41. The standard InChI is InChI=1S/C14H13NS/c1-9-5-3-7-11-13(9)16-14-10(2)6-4-8-12(14)15-11/h3-8,15H,1-2H3. The third kappa shape index (κ3) is 1.41. The van der Waals surface area contributed by atoms with Gasteiger partial charge in [0.05, 0.1) is 11.4 Å². The highest BCUT2D eigenvalue weighted by Crippen LogP contribution is 2.46. The van der Waals surface area contributed by atoms with Gasteiger partial charge in [-0.05, 0) is 37.1 Å². The van der Waals surface area contributed by atoms with Crippen molar-refractivity contribution in [3.8, 4) is 0 Å². The summed E-state index contributed by atoms with van der Waals surface area (Å²) in [4.78, 5) is 2.70. The van der Waals surface area contributed by atoms with Gasteiger partial charge in [-0.1, -0.05) is 36.0 Å². The Morgan fingerprint density at radius 2 is 1.31 bits per heavy atom. The highest BCUT2D eigenvalue weighted by atomic mass is 32.2. The lowest BCUT2D eigenvalue weighted by Gasteiger charge is -2.23. The third-order valence-electron chi connectivity index (χ3n) is 2.90. The van der Waals surface area contributed by atoms with Crippen molar-refractivity contribution in [2.75, 3.05) is 5.32 Å². The summed E-state index contributed by atoms with van der Waals surface area (Å²) in [7, 11) is 0. The van der Waals surface area contributed by atoms with Gasteiger partial charge in [-0.3, -0.25) is 0 Å². The number of hydrogen-bond acceptors (Lipinski definition) is 2. The molecule has 1 N–H and O–H groups in total. The van der Waals surface area contributed by atoms with Gasteiger partial charge in [0.1, 0.15) is 0 Å². The molecule has 0 saturated heterocycles. The van der Waals surface area contributed by atoms with E-state index in [1.54, 1.807) is 0 Å². The SMILES string of the molecule is Cc1cccc2c1Sc1c(C)cccc1N2. The van der Waals surface area contributed by atoms with E-state index in [1.165, 1.54) is 32.3 Å². The maximum absolute atomic E-state index is 3.50. The Bertz CT molecular complexity index is 511. The molecular formula is C14H13NS. The summed E-state index contributed by atoms with van der Waals surface area (Å²) in [6.45, 7) is 4.33. The van der Waals surface area contributed by atoms with E-state index < -0.39 is 0 Å². The molecule has 1 nitrogen and oxygen atoms in total. The number of nitrogens with one attached hydrogen (secondary N) is 1. The molecule has 0 amide bonds. The molecule has 16 heavy (non-hydrogen) atoms. The van der Waals surface area contributed by atoms with E-state index in [-0.39, 0.29) is 0 Å². The monoisotopic (exact) mass is 227 g/mol. The Morgan fingerprint density at radius 3 is 1.81 bits per heavy atom. The minimum absolute atomic E-state index is 1.23. The molecule has 0 spiro atoms. The van der Waals surface area contributed by atoms with Crippen molar-refractivity contribution in [1.82, 2.24) is 0 Å². The molecule has 1 aliphatic rings. The van der Waals surface area contributed by atoms with E-state index in [0.717, 1.165) is 0 Å². The van der Waals surface area contributed by atoms with Crippen LogP contribution >= 0.6 is 11.8 Å². The molecular weight excluding hydrogens is 214 g/mol. The molecule has 1 heterocycles. The Morgan fingerprint density at radius 1 is 0.812 bits per heavy atom. The lowest BCUT2D eigenvalue weighted by atomic mass is 10.2. The summed E-state index contributed by atoms with van der Waals surface area (Å²) in [5.74, 6) is 0. The van der Waals surface area contributed by atoms with Gasteiger partial charge in [0, 0.05) is 9.79 Å². The fourth-order valence-electron chi connectivity index (χ4n) is 2.02. The van der Waals surface area contributed by atoms with Crippen LogP contribution in [-0.2, 0) is 0 Å². The molecule has 3 rings (SSSR count). The second-order valence-electron chi connectivity index (χ2n) is 4.13. The average molecular weight is 227 g/mol. The van der Waals surface area contributed by atoms with Crippen molar-refractivity contribution in [3.05, 3.63) is 47.5 Å². The molecule has 80 valence electrons. The predicted molar refractivity (Wildman–Crippen MR) is 69.8 cm³/mol. The van der Waals surface area contributed by atoms with E-state index >= 15 is 0 Å². The number of hydrogen-bond donors (Lipinski definition) is 1.